The monoisotopic (exact) mass is 426 g/mol. The first kappa shape index (κ1) is 19.0. The van der Waals surface area contributed by atoms with Gasteiger partial charge in [0.1, 0.15) is 17.4 Å². The Morgan fingerprint density at radius 1 is 1.19 bits per heavy atom. The maximum atomic E-state index is 13.6. The number of fused-ring (bicyclic) bond motifs is 1. The first-order valence-corrected chi connectivity index (χ1v) is 11.2. The van der Waals surface area contributed by atoms with Gasteiger partial charge < -0.3 is 24.8 Å². The van der Waals surface area contributed by atoms with Crippen LogP contribution in [0.4, 0.5) is 5.82 Å². The number of aromatic nitrogens is 1. The Labute approximate surface area is 179 Å². The predicted octanol–water partition coefficient (Wildman–Crippen LogP) is 1.29. The number of nitrogens with zero attached hydrogens (tertiary/aromatic N) is 2. The SMILES string of the molecule is Cc1cc(NC(=O)[C@H]2[C@@H]3C=C[C@]4(O3)[C@@H]2C(=O)N(C2CC2)[C@@H]4C(=O)NC2CCCC2)no1. The highest BCUT2D eigenvalue weighted by Gasteiger charge is 2.74. The topological polar surface area (TPSA) is 114 Å². The summed E-state index contributed by atoms with van der Waals surface area (Å²) in [5, 5.41) is 9.73. The molecule has 2 saturated heterocycles. The molecule has 6 rings (SSSR count). The lowest BCUT2D eigenvalue weighted by Gasteiger charge is -2.33. The lowest BCUT2D eigenvalue weighted by Crippen LogP contribution is -2.56. The zero-order valence-electron chi connectivity index (χ0n) is 17.4. The van der Waals surface area contributed by atoms with Crippen molar-refractivity contribution < 1.29 is 23.6 Å². The van der Waals surface area contributed by atoms with Gasteiger partial charge in [-0.25, -0.2) is 0 Å². The number of likely N-dealkylation sites (tertiary alicyclic amines) is 1. The van der Waals surface area contributed by atoms with Crippen LogP contribution in [0, 0.1) is 18.8 Å². The third-order valence-electron chi connectivity index (χ3n) is 7.38. The second-order valence-corrected chi connectivity index (χ2v) is 9.48. The fraction of sp³-hybridized carbons (Fsp3) is 0.636. The summed E-state index contributed by atoms with van der Waals surface area (Å²) in [7, 11) is 0. The van der Waals surface area contributed by atoms with Crippen molar-refractivity contribution in [3.63, 3.8) is 0 Å². The maximum absolute atomic E-state index is 13.6. The third-order valence-corrected chi connectivity index (χ3v) is 7.38. The van der Waals surface area contributed by atoms with Crippen LogP contribution in [0.1, 0.15) is 44.3 Å². The number of carbonyl (C=O) groups is 3. The van der Waals surface area contributed by atoms with Gasteiger partial charge >= 0.3 is 0 Å². The van der Waals surface area contributed by atoms with Gasteiger partial charge in [-0.3, -0.25) is 14.4 Å². The summed E-state index contributed by atoms with van der Waals surface area (Å²) in [5.74, 6) is -1.18. The molecule has 2 saturated carbocycles. The summed E-state index contributed by atoms with van der Waals surface area (Å²) in [5.41, 5.74) is -1.09. The Balaban J connectivity index is 1.31. The molecule has 9 heteroatoms. The van der Waals surface area contributed by atoms with Crippen LogP contribution in [-0.4, -0.2) is 57.6 Å². The van der Waals surface area contributed by atoms with Crippen molar-refractivity contribution in [2.24, 2.45) is 11.8 Å². The molecule has 0 radical (unpaired) electrons. The molecule has 1 aromatic heterocycles. The molecule has 4 heterocycles. The molecule has 1 spiro atoms. The van der Waals surface area contributed by atoms with Crippen molar-refractivity contribution >= 4 is 23.5 Å². The Morgan fingerprint density at radius 2 is 1.97 bits per heavy atom. The minimum Gasteiger partial charge on any atom is -0.360 e. The molecule has 31 heavy (non-hydrogen) atoms. The van der Waals surface area contributed by atoms with Crippen LogP contribution in [0.3, 0.4) is 0 Å². The Hall–Kier alpha value is -2.68. The van der Waals surface area contributed by atoms with Crippen molar-refractivity contribution in [3.8, 4) is 0 Å². The normalized spacial score (nSPS) is 36.3. The van der Waals surface area contributed by atoms with E-state index in [2.05, 4.69) is 15.8 Å². The van der Waals surface area contributed by atoms with E-state index in [-0.39, 0.29) is 29.8 Å². The molecule has 4 fully saturated rings. The Bertz CT molecular complexity index is 978. The molecule has 5 aliphatic rings. The summed E-state index contributed by atoms with van der Waals surface area (Å²) in [6.45, 7) is 1.74. The minimum absolute atomic E-state index is 0.0461. The van der Waals surface area contributed by atoms with Crippen molar-refractivity contribution in [2.45, 2.75) is 75.3 Å². The maximum Gasteiger partial charge on any atom is 0.246 e. The zero-order valence-corrected chi connectivity index (χ0v) is 17.4. The highest BCUT2D eigenvalue weighted by atomic mass is 16.5. The first-order valence-electron chi connectivity index (χ1n) is 11.2. The molecule has 9 nitrogen and oxygen atoms in total. The third kappa shape index (κ3) is 2.78. The molecule has 2 N–H and O–H groups in total. The summed E-state index contributed by atoms with van der Waals surface area (Å²) < 4.78 is 11.3. The molecular formula is C22H26N4O5. The van der Waals surface area contributed by atoms with Gasteiger partial charge in [0.15, 0.2) is 5.82 Å². The number of hydrogen-bond donors (Lipinski definition) is 2. The van der Waals surface area contributed by atoms with Crippen LogP contribution in [-0.2, 0) is 19.1 Å². The van der Waals surface area contributed by atoms with Gasteiger partial charge in [-0.2, -0.15) is 0 Å². The number of ether oxygens (including phenoxy) is 1. The molecule has 3 aliphatic heterocycles. The van der Waals surface area contributed by atoms with Crippen LogP contribution >= 0.6 is 0 Å². The molecule has 5 atom stereocenters. The van der Waals surface area contributed by atoms with Crippen molar-refractivity contribution in [3.05, 3.63) is 24.0 Å². The van der Waals surface area contributed by atoms with Crippen LogP contribution in [0.5, 0.6) is 0 Å². The van der Waals surface area contributed by atoms with E-state index >= 15 is 0 Å². The van der Waals surface area contributed by atoms with Gasteiger partial charge in [0.05, 0.1) is 17.9 Å². The number of amides is 3. The number of rotatable bonds is 5. The summed E-state index contributed by atoms with van der Waals surface area (Å²) in [6, 6.07) is 1.09. The van der Waals surface area contributed by atoms with E-state index < -0.39 is 29.6 Å². The summed E-state index contributed by atoms with van der Waals surface area (Å²) in [4.78, 5) is 41.9. The average Bonchev–Trinajstić information content (AvgIpc) is 3.14. The number of nitrogens with one attached hydrogen (secondary N) is 2. The first-order chi connectivity index (χ1) is 15.0. The molecular weight excluding hydrogens is 400 g/mol. The van der Waals surface area contributed by atoms with Gasteiger partial charge in [-0.1, -0.05) is 30.2 Å². The summed E-state index contributed by atoms with van der Waals surface area (Å²) >= 11 is 0. The predicted molar refractivity (Wildman–Crippen MR) is 108 cm³/mol. The lowest BCUT2D eigenvalue weighted by atomic mass is 9.74. The Morgan fingerprint density at radius 3 is 2.65 bits per heavy atom. The molecule has 2 aliphatic carbocycles. The van der Waals surface area contributed by atoms with Crippen molar-refractivity contribution in [2.75, 3.05) is 5.32 Å². The lowest BCUT2D eigenvalue weighted by molar-refractivity contribution is -0.142. The average molecular weight is 426 g/mol. The van der Waals surface area contributed by atoms with Gasteiger partial charge in [0.25, 0.3) is 0 Å². The highest BCUT2D eigenvalue weighted by Crippen LogP contribution is 2.57. The van der Waals surface area contributed by atoms with Crippen LogP contribution < -0.4 is 10.6 Å². The molecule has 2 bridgehead atoms. The van der Waals surface area contributed by atoms with E-state index in [4.69, 9.17) is 9.26 Å². The highest BCUT2D eigenvalue weighted by molar-refractivity contribution is 6.02. The number of hydrogen-bond acceptors (Lipinski definition) is 6. The second kappa shape index (κ2) is 6.66. The van der Waals surface area contributed by atoms with Crippen molar-refractivity contribution in [1.82, 2.24) is 15.4 Å². The van der Waals surface area contributed by atoms with E-state index in [0.717, 1.165) is 38.5 Å². The largest absolute Gasteiger partial charge is 0.360 e. The summed E-state index contributed by atoms with van der Waals surface area (Å²) in [6.07, 6.45) is 9.05. The van der Waals surface area contributed by atoms with Gasteiger partial charge in [0, 0.05) is 18.2 Å². The fourth-order valence-corrected chi connectivity index (χ4v) is 5.94. The molecule has 0 aromatic carbocycles. The van der Waals surface area contributed by atoms with Crippen LogP contribution in [0.25, 0.3) is 0 Å². The minimum atomic E-state index is -1.09. The quantitative estimate of drug-likeness (QED) is 0.686. The smallest absolute Gasteiger partial charge is 0.246 e. The molecule has 164 valence electrons. The van der Waals surface area contributed by atoms with E-state index in [1.54, 1.807) is 17.9 Å². The van der Waals surface area contributed by atoms with E-state index in [1.807, 2.05) is 12.2 Å². The Kier molecular flexibility index (Phi) is 4.09. The van der Waals surface area contributed by atoms with Crippen LogP contribution in [0.2, 0.25) is 0 Å². The second-order valence-electron chi connectivity index (χ2n) is 9.48. The van der Waals surface area contributed by atoms with Gasteiger partial charge in [-0.15, -0.1) is 0 Å². The van der Waals surface area contributed by atoms with Gasteiger partial charge in [0.2, 0.25) is 17.7 Å². The van der Waals surface area contributed by atoms with E-state index in [0.29, 0.717) is 11.6 Å². The van der Waals surface area contributed by atoms with E-state index in [1.165, 1.54) is 0 Å². The van der Waals surface area contributed by atoms with Gasteiger partial charge in [-0.05, 0) is 32.6 Å². The molecule has 3 amide bonds. The number of aryl methyl sites for hydroxylation is 1. The van der Waals surface area contributed by atoms with E-state index in [9.17, 15) is 14.4 Å². The van der Waals surface area contributed by atoms with Crippen LogP contribution in [0.15, 0.2) is 22.7 Å². The standard InChI is InChI=1S/C22H26N4O5/c1-11-10-15(25-31-11)24-19(27)16-14-8-9-22(30-14)17(16)21(29)26(13-6-7-13)18(22)20(28)23-12-4-2-3-5-12/h8-10,12-14,16-18H,2-7H2,1H3,(H,23,28)(H,24,25,27)/t14-,16-,17-,18+,22-/m0/s1. The number of carbonyl (C=O) groups excluding carboxylic acids is 3. The number of anilines is 1. The molecule has 0 unspecified atom stereocenters. The molecule has 1 aromatic rings. The fourth-order valence-electron chi connectivity index (χ4n) is 5.94. The van der Waals surface area contributed by atoms with Crippen molar-refractivity contribution in [1.29, 1.82) is 0 Å². The zero-order chi connectivity index (χ0) is 21.3.